The Morgan fingerprint density at radius 3 is 2.50 bits per heavy atom. The zero-order valence-corrected chi connectivity index (χ0v) is 9.27. The third kappa shape index (κ3) is 2.04. The second kappa shape index (κ2) is 4.32. The second-order valence-corrected chi connectivity index (χ2v) is 3.56. The molecule has 0 spiro atoms. The van der Waals surface area contributed by atoms with Crippen molar-refractivity contribution >= 4 is 0 Å². The Bertz CT molecular complexity index is 461. The minimum Gasteiger partial charge on any atom is -0.497 e. The predicted molar refractivity (Wildman–Crippen MR) is 61.0 cm³/mol. The number of benzene rings is 1. The van der Waals surface area contributed by atoms with Gasteiger partial charge in [-0.25, -0.2) is 4.98 Å². The predicted octanol–water partition coefficient (Wildman–Crippen LogP) is 1.50. The minimum absolute atomic E-state index is 0.139. The van der Waals surface area contributed by atoms with Crippen LogP contribution in [-0.2, 0) is 0 Å². The van der Waals surface area contributed by atoms with Crippen LogP contribution in [0.3, 0.4) is 0 Å². The molecule has 0 radical (unpaired) electrons. The monoisotopic (exact) mass is 218 g/mol. The molecule has 3 N–H and O–H groups in total. The van der Waals surface area contributed by atoms with Gasteiger partial charge in [0.05, 0.1) is 13.2 Å². The van der Waals surface area contributed by atoms with Crippen molar-refractivity contribution in [2.24, 2.45) is 5.73 Å². The largest absolute Gasteiger partial charge is 0.497 e. The molecule has 0 aliphatic rings. The van der Waals surface area contributed by atoms with Gasteiger partial charge in [0.1, 0.15) is 11.6 Å². The van der Waals surface area contributed by atoms with Crippen LogP contribution in [0.15, 0.2) is 24.3 Å². The Kier molecular flexibility index (Phi) is 2.87. The van der Waals surface area contributed by atoms with E-state index in [9.17, 15) is 0 Å². The van der Waals surface area contributed by atoms with E-state index < -0.39 is 0 Å². The molecule has 1 atom stereocenters. The summed E-state index contributed by atoms with van der Waals surface area (Å²) in [6, 6.07) is 7.42. The fourth-order valence-corrected chi connectivity index (χ4v) is 1.35. The topological polar surface area (TPSA) is 76.8 Å². The van der Waals surface area contributed by atoms with Gasteiger partial charge in [-0.1, -0.05) is 0 Å². The standard InChI is InChI=1S/C11H14N4O/c1-7(12)10-13-11(15-14-10)8-3-5-9(16-2)6-4-8/h3-7H,12H2,1-2H3,(H,13,14,15)/t7-/m1/s1. The first kappa shape index (κ1) is 10.6. The van der Waals surface area contributed by atoms with Gasteiger partial charge in [0, 0.05) is 5.56 Å². The molecule has 16 heavy (non-hydrogen) atoms. The average molecular weight is 218 g/mol. The van der Waals surface area contributed by atoms with Crippen molar-refractivity contribution in [2.75, 3.05) is 7.11 Å². The van der Waals surface area contributed by atoms with Crippen LogP contribution in [-0.4, -0.2) is 22.3 Å². The van der Waals surface area contributed by atoms with Gasteiger partial charge in [-0.3, -0.25) is 5.10 Å². The normalized spacial score (nSPS) is 12.4. The van der Waals surface area contributed by atoms with Crippen LogP contribution in [0.2, 0.25) is 0 Å². The first-order valence-corrected chi connectivity index (χ1v) is 5.03. The molecule has 0 fully saturated rings. The van der Waals surface area contributed by atoms with Gasteiger partial charge in [0.25, 0.3) is 0 Å². The van der Waals surface area contributed by atoms with Crippen LogP contribution in [0.25, 0.3) is 11.4 Å². The van der Waals surface area contributed by atoms with Gasteiger partial charge in [-0.15, -0.1) is 0 Å². The summed E-state index contributed by atoms with van der Waals surface area (Å²) in [6.07, 6.45) is 0. The first-order valence-electron chi connectivity index (χ1n) is 5.03. The summed E-state index contributed by atoms with van der Waals surface area (Å²) in [7, 11) is 1.63. The van der Waals surface area contributed by atoms with Crippen molar-refractivity contribution in [1.82, 2.24) is 15.2 Å². The Morgan fingerprint density at radius 1 is 1.31 bits per heavy atom. The maximum Gasteiger partial charge on any atom is 0.181 e. The molecule has 0 bridgehead atoms. The molecule has 0 saturated heterocycles. The quantitative estimate of drug-likeness (QED) is 0.818. The van der Waals surface area contributed by atoms with E-state index in [2.05, 4.69) is 15.2 Å². The summed E-state index contributed by atoms with van der Waals surface area (Å²) in [5.41, 5.74) is 6.63. The lowest BCUT2D eigenvalue weighted by atomic mass is 10.2. The fourth-order valence-electron chi connectivity index (χ4n) is 1.35. The van der Waals surface area contributed by atoms with Crippen molar-refractivity contribution in [3.8, 4) is 17.1 Å². The molecule has 1 aromatic carbocycles. The number of hydrogen-bond donors (Lipinski definition) is 2. The van der Waals surface area contributed by atoms with E-state index in [0.29, 0.717) is 11.6 Å². The first-order chi connectivity index (χ1) is 7.70. The molecule has 0 amide bonds. The third-order valence-corrected chi connectivity index (χ3v) is 2.28. The third-order valence-electron chi connectivity index (χ3n) is 2.28. The maximum atomic E-state index is 5.70. The highest BCUT2D eigenvalue weighted by Crippen LogP contribution is 2.19. The second-order valence-electron chi connectivity index (χ2n) is 3.56. The highest BCUT2D eigenvalue weighted by atomic mass is 16.5. The van der Waals surface area contributed by atoms with Gasteiger partial charge in [-0.2, -0.15) is 5.10 Å². The van der Waals surface area contributed by atoms with E-state index in [1.165, 1.54) is 0 Å². The number of nitrogens with one attached hydrogen (secondary N) is 1. The molecule has 1 heterocycles. The fraction of sp³-hybridized carbons (Fsp3) is 0.273. The molecule has 5 heteroatoms. The number of methoxy groups -OCH3 is 1. The van der Waals surface area contributed by atoms with Crippen molar-refractivity contribution < 1.29 is 4.74 Å². The number of aromatic amines is 1. The average Bonchev–Trinajstić information content (AvgIpc) is 2.78. The summed E-state index contributed by atoms with van der Waals surface area (Å²) >= 11 is 0. The zero-order chi connectivity index (χ0) is 11.5. The molecular formula is C11H14N4O. The number of aromatic nitrogens is 3. The number of ether oxygens (including phenoxy) is 1. The molecule has 0 saturated carbocycles. The highest BCUT2D eigenvalue weighted by molar-refractivity contribution is 5.55. The number of hydrogen-bond acceptors (Lipinski definition) is 4. The van der Waals surface area contributed by atoms with Crippen molar-refractivity contribution in [3.05, 3.63) is 30.1 Å². The van der Waals surface area contributed by atoms with E-state index in [1.807, 2.05) is 31.2 Å². The lowest BCUT2D eigenvalue weighted by Gasteiger charge is -1.99. The highest BCUT2D eigenvalue weighted by Gasteiger charge is 2.08. The molecule has 0 aliphatic heterocycles. The maximum absolute atomic E-state index is 5.70. The molecule has 84 valence electrons. The molecule has 0 aliphatic carbocycles. The number of nitrogens with two attached hydrogens (primary N) is 1. The minimum atomic E-state index is -0.139. The molecule has 2 aromatic rings. The van der Waals surface area contributed by atoms with Crippen LogP contribution >= 0.6 is 0 Å². The molecule has 5 nitrogen and oxygen atoms in total. The Hall–Kier alpha value is -1.88. The molecular weight excluding hydrogens is 204 g/mol. The summed E-state index contributed by atoms with van der Waals surface area (Å²) in [5.74, 6) is 2.15. The van der Waals surface area contributed by atoms with Crippen LogP contribution in [0.1, 0.15) is 18.8 Å². The van der Waals surface area contributed by atoms with E-state index >= 15 is 0 Å². The van der Waals surface area contributed by atoms with E-state index in [-0.39, 0.29) is 6.04 Å². The van der Waals surface area contributed by atoms with Crippen LogP contribution < -0.4 is 10.5 Å². The van der Waals surface area contributed by atoms with Gasteiger partial charge >= 0.3 is 0 Å². The van der Waals surface area contributed by atoms with Crippen molar-refractivity contribution in [2.45, 2.75) is 13.0 Å². The van der Waals surface area contributed by atoms with E-state index in [0.717, 1.165) is 11.3 Å². The molecule has 2 rings (SSSR count). The molecule has 1 aromatic heterocycles. The number of H-pyrrole nitrogens is 1. The molecule has 0 unspecified atom stereocenters. The lowest BCUT2D eigenvalue weighted by Crippen LogP contribution is -2.06. The van der Waals surface area contributed by atoms with Gasteiger partial charge < -0.3 is 10.5 Å². The lowest BCUT2D eigenvalue weighted by molar-refractivity contribution is 0.415. The van der Waals surface area contributed by atoms with E-state index in [1.54, 1.807) is 7.11 Å². The van der Waals surface area contributed by atoms with Crippen LogP contribution in [0.4, 0.5) is 0 Å². The van der Waals surface area contributed by atoms with Crippen LogP contribution in [0.5, 0.6) is 5.75 Å². The van der Waals surface area contributed by atoms with Crippen molar-refractivity contribution in [3.63, 3.8) is 0 Å². The van der Waals surface area contributed by atoms with Crippen molar-refractivity contribution in [1.29, 1.82) is 0 Å². The summed E-state index contributed by atoms with van der Waals surface area (Å²) in [4.78, 5) is 4.30. The van der Waals surface area contributed by atoms with Gasteiger partial charge in [-0.05, 0) is 31.2 Å². The van der Waals surface area contributed by atoms with E-state index in [4.69, 9.17) is 10.5 Å². The van der Waals surface area contributed by atoms with Gasteiger partial charge in [0.2, 0.25) is 0 Å². The summed E-state index contributed by atoms with van der Waals surface area (Å²) < 4.78 is 5.08. The van der Waals surface area contributed by atoms with Gasteiger partial charge in [0.15, 0.2) is 5.82 Å². The van der Waals surface area contributed by atoms with Crippen LogP contribution in [0, 0.1) is 0 Å². The SMILES string of the molecule is COc1ccc(-c2n[nH]c([C@@H](C)N)n2)cc1. The Labute approximate surface area is 93.7 Å². The Morgan fingerprint density at radius 2 is 2.00 bits per heavy atom. The number of nitrogens with zero attached hydrogens (tertiary/aromatic N) is 2. The number of rotatable bonds is 3. The summed E-state index contributed by atoms with van der Waals surface area (Å²) in [6.45, 7) is 1.86. The Balaban J connectivity index is 2.28. The summed E-state index contributed by atoms with van der Waals surface area (Å²) in [5, 5.41) is 6.92. The zero-order valence-electron chi connectivity index (χ0n) is 9.27. The smallest absolute Gasteiger partial charge is 0.181 e.